The van der Waals surface area contributed by atoms with Crippen LogP contribution in [0.3, 0.4) is 0 Å². The molecule has 1 aliphatic carbocycles. The summed E-state index contributed by atoms with van der Waals surface area (Å²) >= 11 is 0. The zero-order chi connectivity index (χ0) is 17.6. The average Bonchev–Trinajstić information content (AvgIpc) is 2.91. The summed E-state index contributed by atoms with van der Waals surface area (Å²) in [6, 6.07) is 19.3. The van der Waals surface area contributed by atoms with E-state index in [0.29, 0.717) is 10.6 Å². The third-order valence-electron chi connectivity index (χ3n) is 4.55. The molecule has 0 spiro atoms. The Labute approximate surface area is 148 Å². The number of benzene rings is 3. The molecule has 0 bridgehead atoms. The number of aryl methyl sites for hydroxylation is 2. The fraction of sp³-hybridized carbons (Fsp3) is 0.143. The number of hydrogen-bond acceptors (Lipinski definition) is 2. The monoisotopic (exact) mass is 349 g/mol. The third-order valence-corrected chi connectivity index (χ3v) is 5.93. The zero-order valence-electron chi connectivity index (χ0n) is 14.2. The second-order valence-corrected chi connectivity index (χ2v) is 8.32. The van der Waals surface area contributed by atoms with Crippen molar-refractivity contribution >= 4 is 15.7 Å². The summed E-state index contributed by atoms with van der Waals surface area (Å²) in [4.78, 5) is 0.304. The van der Waals surface area contributed by atoms with Crippen LogP contribution < -0.4 is 4.72 Å². The maximum Gasteiger partial charge on any atom is 0.261 e. The van der Waals surface area contributed by atoms with Gasteiger partial charge in [0.25, 0.3) is 10.0 Å². The van der Waals surface area contributed by atoms with Gasteiger partial charge < -0.3 is 0 Å². The lowest BCUT2D eigenvalue weighted by Crippen LogP contribution is -2.13. The van der Waals surface area contributed by atoms with Crippen LogP contribution >= 0.6 is 0 Å². The molecule has 1 aliphatic rings. The molecular formula is C21H19NO2S. The highest BCUT2D eigenvalue weighted by Crippen LogP contribution is 2.37. The Balaban J connectivity index is 1.69. The van der Waals surface area contributed by atoms with Crippen LogP contribution in [0.2, 0.25) is 0 Å². The van der Waals surface area contributed by atoms with Crippen LogP contribution in [0.15, 0.2) is 65.6 Å². The lowest BCUT2D eigenvalue weighted by atomic mass is 10.1. The van der Waals surface area contributed by atoms with Crippen molar-refractivity contribution < 1.29 is 8.42 Å². The van der Waals surface area contributed by atoms with Crippen LogP contribution in [0, 0.1) is 13.8 Å². The molecule has 126 valence electrons. The van der Waals surface area contributed by atoms with Crippen molar-refractivity contribution in [2.24, 2.45) is 0 Å². The third kappa shape index (κ3) is 2.94. The van der Waals surface area contributed by atoms with Gasteiger partial charge >= 0.3 is 0 Å². The van der Waals surface area contributed by atoms with Gasteiger partial charge in [0.2, 0.25) is 0 Å². The van der Waals surface area contributed by atoms with Crippen molar-refractivity contribution in [3.8, 4) is 11.1 Å². The summed E-state index contributed by atoms with van der Waals surface area (Å²) in [5.74, 6) is 0. The lowest BCUT2D eigenvalue weighted by Gasteiger charge is -2.11. The van der Waals surface area contributed by atoms with Gasteiger partial charge in [-0.1, -0.05) is 36.4 Å². The van der Waals surface area contributed by atoms with E-state index in [1.165, 1.54) is 11.1 Å². The van der Waals surface area contributed by atoms with E-state index in [2.05, 4.69) is 16.9 Å². The summed E-state index contributed by atoms with van der Waals surface area (Å²) in [6.45, 7) is 3.91. The van der Waals surface area contributed by atoms with Crippen molar-refractivity contribution in [2.45, 2.75) is 25.2 Å². The summed E-state index contributed by atoms with van der Waals surface area (Å²) < 4.78 is 28.3. The molecule has 3 aromatic carbocycles. The van der Waals surface area contributed by atoms with Crippen molar-refractivity contribution in [3.63, 3.8) is 0 Å². The maximum absolute atomic E-state index is 12.8. The quantitative estimate of drug-likeness (QED) is 0.584. The maximum atomic E-state index is 12.8. The first-order chi connectivity index (χ1) is 11.9. The van der Waals surface area contributed by atoms with Crippen LogP contribution in [-0.2, 0) is 16.4 Å². The number of fused-ring (bicyclic) bond motifs is 3. The highest BCUT2D eigenvalue weighted by atomic mass is 32.2. The number of sulfonamides is 1. The van der Waals surface area contributed by atoms with E-state index in [1.54, 1.807) is 12.1 Å². The lowest BCUT2D eigenvalue weighted by molar-refractivity contribution is 0.601. The predicted octanol–water partition coefficient (Wildman–Crippen LogP) is 4.68. The van der Waals surface area contributed by atoms with Gasteiger partial charge in [-0.15, -0.1) is 0 Å². The Morgan fingerprint density at radius 3 is 2.24 bits per heavy atom. The Bertz CT molecular complexity index is 1060. The van der Waals surface area contributed by atoms with Crippen LogP contribution in [-0.4, -0.2) is 8.42 Å². The van der Waals surface area contributed by atoms with E-state index < -0.39 is 10.0 Å². The highest BCUT2D eigenvalue weighted by molar-refractivity contribution is 7.92. The highest BCUT2D eigenvalue weighted by Gasteiger charge is 2.22. The van der Waals surface area contributed by atoms with Crippen LogP contribution in [0.1, 0.15) is 22.3 Å². The molecule has 0 radical (unpaired) electrons. The van der Waals surface area contributed by atoms with E-state index in [1.807, 2.05) is 50.2 Å². The van der Waals surface area contributed by atoms with Crippen molar-refractivity contribution in [1.82, 2.24) is 0 Å². The van der Waals surface area contributed by atoms with Crippen molar-refractivity contribution in [3.05, 3.63) is 82.9 Å². The normalized spacial score (nSPS) is 12.6. The minimum Gasteiger partial charge on any atom is -0.280 e. The minimum absolute atomic E-state index is 0.304. The molecule has 0 fully saturated rings. The van der Waals surface area contributed by atoms with Crippen LogP contribution in [0.5, 0.6) is 0 Å². The molecule has 0 unspecified atom stereocenters. The van der Waals surface area contributed by atoms with E-state index in [4.69, 9.17) is 0 Å². The van der Waals surface area contributed by atoms with Gasteiger partial charge in [0, 0.05) is 5.69 Å². The zero-order valence-corrected chi connectivity index (χ0v) is 15.0. The van der Waals surface area contributed by atoms with Crippen molar-refractivity contribution in [2.75, 3.05) is 4.72 Å². The predicted molar refractivity (Wildman–Crippen MR) is 101 cm³/mol. The minimum atomic E-state index is -3.61. The fourth-order valence-electron chi connectivity index (χ4n) is 3.54. The van der Waals surface area contributed by atoms with Gasteiger partial charge in [0.1, 0.15) is 0 Å². The second-order valence-electron chi connectivity index (χ2n) is 6.63. The van der Waals surface area contributed by atoms with Gasteiger partial charge in [-0.2, -0.15) is 0 Å². The molecule has 0 amide bonds. The molecule has 0 saturated heterocycles. The molecule has 0 aromatic heterocycles. The number of anilines is 1. The molecule has 1 N–H and O–H groups in total. The van der Waals surface area contributed by atoms with E-state index in [-0.39, 0.29) is 0 Å². The molecule has 3 nitrogen and oxygen atoms in total. The van der Waals surface area contributed by atoms with Crippen molar-refractivity contribution in [1.29, 1.82) is 0 Å². The molecule has 0 aliphatic heterocycles. The van der Waals surface area contributed by atoms with Crippen LogP contribution in [0.25, 0.3) is 11.1 Å². The first kappa shape index (κ1) is 15.9. The molecule has 4 heteroatoms. The Kier molecular flexibility index (Phi) is 3.65. The van der Waals surface area contributed by atoms with Gasteiger partial charge in [0.05, 0.1) is 4.90 Å². The van der Waals surface area contributed by atoms with Gasteiger partial charge in [0.15, 0.2) is 0 Å². The molecule has 0 atom stereocenters. The fourth-order valence-corrected chi connectivity index (χ4v) is 4.63. The first-order valence-corrected chi connectivity index (χ1v) is 9.73. The number of nitrogens with one attached hydrogen (secondary N) is 1. The van der Waals surface area contributed by atoms with Gasteiger partial charge in [-0.25, -0.2) is 8.42 Å². The SMILES string of the molecule is Cc1cc(C)cc(NS(=O)(=O)c2ccc3c(c2)Cc2ccccc2-3)c1. The summed E-state index contributed by atoms with van der Waals surface area (Å²) in [6.07, 6.45) is 0.776. The summed E-state index contributed by atoms with van der Waals surface area (Å²) in [7, 11) is -3.61. The molecule has 0 saturated carbocycles. The number of rotatable bonds is 3. The Hall–Kier alpha value is -2.59. The second kappa shape index (κ2) is 5.74. The Morgan fingerprint density at radius 2 is 1.48 bits per heavy atom. The van der Waals surface area contributed by atoms with E-state index in [0.717, 1.165) is 28.7 Å². The average molecular weight is 349 g/mol. The molecule has 3 aromatic rings. The number of hydrogen-bond donors (Lipinski definition) is 1. The molecule has 0 heterocycles. The Morgan fingerprint density at radius 1 is 0.800 bits per heavy atom. The smallest absolute Gasteiger partial charge is 0.261 e. The van der Waals surface area contributed by atoms with Crippen LogP contribution in [0.4, 0.5) is 5.69 Å². The molecular weight excluding hydrogens is 330 g/mol. The molecule has 4 rings (SSSR count). The van der Waals surface area contributed by atoms with Gasteiger partial charge in [-0.05, 0) is 77.9 Å². The standard InChI is InChI=1S/C21H19NO2S/c1-14-9-15(2)11-18(10-14)22-25(23,24)19-7-8-21-17(13-19)12-16-5-3-4-6-20(16)21/h3-11,13,22H,12H2,1-2H3. The summed E-state index contributed by atoms with van der Waals surface area (Å²) in [5.41, 5.74) is 7.29. The van der Waals surface area contributed by atoms with E-state index >= 15 is 0 Å². The van der Waals surface area contributed by atoms with E-state index in [9.17, 15) is 8.42 Å². The molecule has 25 heavy (non-hydrogen) atoms. The largest absolute Gasteiger partial charge is 0.280 e. The first-order valence-electron chi connectivity index (χ1n) is 8.25. The topological polar surface area (TPSA) is 46.2 Å². The summed E-state index contributed by atoms with van der Waals surface area (Å²) in [5, 5.41) is 0. The van der Waals surface area contributed by atoms with Gasteiger partial charge in [-0.3, -0.25) is 4.72 Å².